The quantitative estimate of drug-likeness (QED) is 0.702. The Morgan fingerprint density at radius 3 is 2.57 bits per heavy atom. The predicted octanol–water partition coefficient (Wildman–Crippen LogP) is 4.10. The van der Waals surface area contributed by atoms with E-state index in [1.54, 1.807) is 0 Å². The minimum atomic E-state index is -0.345. The number of thioether (sulfide) groups is 1. The Labute approximate surface area is 180 Å². The maximum Gasteiger partial charge on any atom is 0.234 e. The predicted molar refractivity (Wildman–Crippen MR) is 118 cm³/mol. The van der Waals surface area contributed by atoms with Gasteiger partial charge in [-0.1, -0.05) is 41.6 Å². The van der Waals surface area contributed by atoms with Gasteiger partial charge >= 0.3 is 0 Å². The highest BCUT2D eigenvalue weighted by Crippen LogP contribution is 2.36. The molecule has 3 rings (SSSR count). The molecule has 1 heterocycles. The van der Waals surface area contributed by atoms with Crippen molar-refractivity contribution in [3.05, 3.63) is 70.3 Å². The van der Waals surface area contributed by atoms with E-state index in [-0.39, 0.29) is 29.9 Å². The smallest absolute Gasteiger partial charge is 0.234 e. The van der Waals surface area contributed by atoms with E-state index in [0.717, 1.165) is 28.6 Å². The van der Waals surface area contributed by atoms with Crippen LogP contribution < -0.4 is 15.4 Å². The molecule has 2 amide bonds. The summed E-state index contributed by atoms with van der Waals surface area (Å²) < 4.78 is 5.46. The van der Waals surface area contributed by atoms with Crippen LogP contribution in [0.1, 0.15) is 30.4 Å². The molecule has 0 saturated carbocycles. The second-order valence-corrected chi connectivity index (χ2v) is 7.85. The summed E-state index contributed by atoms with van der Waals surface area (Å²) in [4.78, 5) is 24.6. The first-order valence-corrected chi connectivity index (χ1v) is 10.6. The monoisotopic (exact) mass is 421 g/mol. The number of hydrogen-bond acceptors (Lipinski definition) is 5. The van der Waals surface area contributed by atoms with Crippen LogP contribution in [0.3, 0.4) is 0 Å². The summed E-state index contributed by atoms with van der Waals surface area (Å²) in [5, 5.41) is 15.8. The fourth-order valence-electron chi connectivity index (χ4n) is 3.15. The minimum Gasteiger partial charge on any atom is -0.494 e. The third kappa shape index (κ3) is 5.43. The van der Waals surface area contributed by atoms with Gasteiger partial charge in [0, 0.05) is 18.0 Å². The molecule has 6 nitrogen and oxygen atoms in total. The molecular weight excluding hydrogens is 398 g/mol. The van der Waals surface area contributed by atoms with Gasteiger partial charge in [0.25, 0.3) is 0 Å². The van der Waals surface area contributed by atoms with Crippen LogP contribution in [0.15, 0.2) is 59.1 Å². The van der Waals surface area contributed by atoms with Crippen molar-refractivity contribution < 1.29 is 14.3 Å². The minimum absolute atomic E-state index is 0.0880. The number of aryl methyl sites for hydroxylation is 1. The summed E-state index contributed by atoms with van der Waals surface area (Å²) in [7, 11) is 0. The molecule has 7 heteroatoms. The van der Waals surface area contributed by atoms with Gasteiger partial charge in [-0.3, -0.25) is 9.59 Å². The lowest BCUT2D eigenvalue weighted by molar-refractivity contribution is -0.121. The number of nitriles is 1. The Morgan fingerprint density at radius 1 is 1.23 bits per heavy atom. The van der Waals surface area contributed by atoms with Gasteiger partial charge < -0.3 is 15.4 Å². The zero-order valence-corrected chi connectivity index (χ0v) is 17.7. The van der Waals surface area contributed by atoms with Crippen molar-refractivity contribution in [3.63, 3.8) is 0 Å². The number of rotatable bonds is 7. The fourth-order valence-corrected chi connectivity index (χ4v) is 4.03. The first kappa shape index (κ1) is 21.5. The number of hydrogen-bond donors (Lipinski definition) is 2. The number of nitrogens with zero attached hydrogens (tertiary/aromatic N) is 1. The first-order valence-electron chi connectivity index (χ1n) is 9.66. The molecule has 1 atom stereocenters. The Balaban J connectivity index is 1.72. The molecule has 0 aliphatic carbocycles. The van der Waals surface area contributed by atoms with Crippen molar-refractivity contribution >= 4 is 29.3 Å². The van der Waals surface area contributed by atoms with Crippen molar-refractivity contribution in [1.29, 1.82) is 5.26 Å². The normalized spacial score (nSPS) is 15.9. The van der Waals surface area contributed by atoms with Crippen molar-refractivity contribution in [2.45, 2.75) is 26.2 Å². The highest BCUT2D eigenvalue weighted by molar-refractivity contribution is 8.03. The molecule has 0 aromatic heterocycles. The van der Waals surface area contributed by atoms with Gasteiger partial charge in [-0.25, -0.2) is 0 Å². The van der Waals surface area contributed by atoms with Crippen LogP contribution in [0.2, 0.25) is 0 Å². The van der Waals surface area contributed by atoms with Crippen LogP contribution in [0.4, 0.5) is 5.69 Å². The largest absolute Gasteiger partial charge is 0.494 e. The topological polar surface area (TPSA) is 91.2 Å². The van der Waals surface area contributed by atoms with Crippen LogP contribution in [0, 0.1) is 18.3 Å². The molecule has 0 saturated heterocycles. The zero-order chi connectivity index (χ0) is 21.5. The van der Waals surface area contributed by atoms with Crippen LogP contribution >= 0.6 is 11.8 Å². The summed E-state index contributed by atoms with van der Waals surface area (Å²) >= 11 is 1.16. The van der Waals surface area contributed by atoms with Crippen LogP contribution in [0.5, 0.6) is 5.75 Å². The summed E-state index contributed by atoms with van der Waals surface area (Å²) in [5.74, 6) is 0.110. The lowest BCUT2D eigenvalue weighted by Crippen LogP contribution is -2.31. The Morgan fingerprint density at radius 2 is 1.93 bits per heavy atom. The Kier molecular flexibility index (Phi) is 7.15. The summed E-state index contributed by atoms with van der Waals surface area (Å²) in [6.07, 6.45) is 0.191. The van der Waals surface area contributed by atoms with E-state index in [1.807, 2.05) is 62.4 Å². The van der Waals surface area contributed by atoms with E-state index in [2.05, 4.69) is 16.7 Å². The Bertz CT molecular complexity index is 992. The van der Waals surface area contributed by atoms with E-state index in [9.17, 15) is 14.9 Å². The second-order valence-electron chi connectivity index (χ2n) is 6.86. The molecule has 0 radical (unpaired) electrons. The summed E-state index contributed by atoms with van der Waals surface area (Å²) in [6.45, 7) is 4.46. The number of amides is 2. The number of carbonyl (C=O) groups is 2. The van der Waals surface area contributed by atoms with Crippen LogP contribution in [0.25, 0.3) is 0 Å². The number of benzene rings is 2. The maximum atomic E-state index is 12.3. The number of anilines is 1. The third-order valence-electron chi connectivity index (χ3n) is 4.63. The number of nitrogens with one attached hydrogen (secondary N) is 2. The number of ether oxygens (including phenoxy) is 1. The van der Waals surface area contributed by atoms with Gasteiger partial charge in [0.2, 0.25) is 11.8 Å². The van der Waals surface area contributed by atoms with E-state index >= 15 is 0 Å². The van der Waals surface area contributed by atoms with Gasteiger partial charge in [-0.2, -0.15) is 5.26 Å². The highest BCUT2D eigenvalue weighted by Gasteiger charge is 2.29. The molecule has 2 aromatic rings. The van der Waals surface area contributed by atoms with E-state index in [4.69, 9.17) is 4.74 Å². The zero-order valence-electron chi connectivity index (χ0n) is 16.9. The van der Waals surface area contributed by atoms with Crippen LogP contribution in [-0.4, -0.2) is 24.2 Å². The Hall–Kier alpha value is -3.24. The molecule has 2 N–H and O–H groups in total. The van der Waals surface area contributed by atoms with Crippen molar-refractivity contribution in [2.75, 3.05) is 17.7 Å². The second kappa shape index (κ2) is 9.99. The first-order chi connectivity index (χ1) is 14.5. The SMILES string of the molecule is CCOc1ccc([C@@H]2CC(=O)NC(SCC(=O)Nc3ccc(C)cc3)=C2C#N)cc1. The molecule has 0 fully saturated rings. The summed E-state index contributed by atoms with van der Waals surface area (Å²) in [6, 6.07) is 17.1. The number of carbonyl (C=O) groups excluding carboxylic acids is 2. The van der Waals surface area contributed by atoms with E-state index in [1.165, 1.54) is 0 Å². The van der Waals surface area contributed by atoms with Crippen molar-refractivity contribution in [3.8, 4) is 11.8 Å². The molecule has 0 unspecified atom stereocenters. The standard InChI is InChI=1S/C23H23N3O3S/c1-3-29-18-10-6-16(7-11-18)19-12-21(27)26-23(20(19)13-24)30-14-22(28)25-17-8-4-15(2)5-9-17/h4-11,19H,3,12,14H2,1-2H3,(H,25,28)(H,26,27)/t19-/m0/s1. The third-order valence-corrected chi connectivity index (χ3v) is 5.65. The molecule has 1 aliphatic rings. The number of allylic oxidation sites excluding steroid dienone is 1. The van der Waals surface area contributed by atoms with E-state index < -0.39 is 0 Å². The lowest BCUT2D eigenvalue weighted by atomic mass is 9.87. The lowest BCUT2D eigenvalue weighted by Gasteiger charge is -2.25. The van der Waals surface area contributed by atoms with Gasteiger partial charge in [0.15, 0.2) is 0 Å². The molecule has 1 aliphatic heterocycles. The molecule has 30 heavy (non-hydrogen) atoms. The molecular formula is C23H23N3O3S. The van der Waals surface area contributed by atoms with Gasteiger partial charge in [-0.05, 0) is 43.7 Å². The molecule has 0 spiro atoms. The average Bonchev–Trinajstić information content (AvgIpc) is 2.74. The van der Waals surface area contributed by atoms with Gasteiger partial charge in [0.1, 0.15) is 5.75 Å². The molecule has 2 aromatic carbocycles. The fraction of sp³-hybridized carbons (Fsp3) is 0.261. The van der Waals surface area contributed by atoms with Gasteiger partial charge in [-0.15, -0.1) is 0 Å². The molecule has 0 bridgehead atoms. The van der Waals surface area contributed by atoms with Crippen molar-refractivity contribution in [2.24, 2.45) is 0 Å². The highest BCUT2D eigenvalue weighted by atomic mass is 32.2. The molecule has 154 valence electrons. The van der Waals surface area contributed by atoms with E-state index in [0.29, 0.717) is 22.9 Å². The van der Waals surface area contributed by atoms with Crippen LogP contribution in [-0.2, 0) is 9.59 Å². The summed E-state index contributed by atoms with van der Waals surface area (Å²) in [5.41, 5.74) is 3.15. The van der Waals surface area contributed by atoms with Gasteiger partial charge in [0.05, 0.1) is 29.0 Å². The average molecular weight is 422 g/mol. The maximum absolute atomic E-state index is 12.3. The van der Waals surface area contributed by atoms with Crippen molar-refractivity contribution in [1.82, 2.24) is 5.32 Å².